The number of aromatic nitrogens is 1. The van der Waals surface area contributed by atoms with Gasteiger partial charge in [-0.3, -0.25) is 4.98 Å². The first-order chi connectivity index (χ1) is 10.9. The smallest absolute Gasteiger partial charge is 0.135 e. The molecule has 0 radical (unpaired) electrons. The number of rotatable bonds is 4. The molecule has 22 heavy (non-hydrogen) atoms. The van der Waals surface area contributed by atoms with Gasteiger partial charge in [0.15, 0.2) is 0 Å². The van der Waals surface area contributed by atoms with Crippen molar-refractivity contribution in [3.63, 3.8) is 0 Å². The van der Waals surface area contributed by atoms with Crippen molar-refractivity contribution in [1.82, 2.24) is 4.98 Å². The minimum atomic E-state index is 0.298. The molecule has 4 rings (SSSR count). The standard InChI is InChI=1S/C18H18N2O2/c1-4-16-17(20-22-18(16)5-1)12-21-15-8-6-13(7-9-15)14-3-2-10-19-11-14/h2-3,6-11,16,18H,1,4-5,12H2/t16-,18-/m1/s1. The molecule has 4 heteroatoms. The van der Waals surface area contributed by atoms with E-state index in [-0.39, 0.29) is 0 Å². The third-order valence-corrected chi connectivity index (χ3v) is 4.42. The van der Waals surface area contributed by atoms with Gasteiger partial charge in [-0.05, 0) is 48.6 Å². The molecule has 0 bridgehead atoms. The highest BCUT2D eigenvalue weighted by Gasteiger charge is 2.38. The number of hydrogen-bond donors (Lipinski definition) is 0. The van der Waals surface area contributed by atoms with Crippen LogP contribution in [0.15, 0.2) is 53.9 Å². The van der Waals surface area contributed by atoms with Crippen LogP contribution in [-0.4, -0.2) is 23.4 Å². The normalized spacial score (nSPS) is 22.8. The lowest BCUT2D eigenvalue weighted by Gasteiger charge is -2.10. The van der Waals surface area contributed by atoms with Crippen molar-refractivity contribution in [2.24, 2.45) is 11.1 Å². The van der Waals surface area contributed by atoms with E-state index in [1.165, 1.54) is 12.8 Å². The van der Waals surface area contributed by atoms with Crippen molar-refractivity contribution in [3.05, 3.63) is 48.8 Å². The van der Waals surface area contributed by atoms with Crippen LogP contribution in [0.3, 0.4) is 0 Å². The third-order valence-electron chi connectivity index (χ3n) is 4.42. The Bertz CT molecular complexity index is 667. The fourth-order valence-electron chi connectivity index (χ4n) is 3.20. The molecule has 1 aromatic heterocycles. The van der Waals surface area contributed by atoms with E-state index in [1.807, 2.05) is 30.5 Å². The van der Waals surface area contributed by atoms with Gasteiger partial charge in [0.2, 0.25) is 0 Å². The van der Waals surface area contributed by atoms with E-state index in [0.717, 1.165) is 29.0 Å². The molecule has 1 fully saturated rings. The first-order valence-corrected chi connectivity index (χ1v) is 7.76. The molecule has 2 heterocycles. The summed E-state index contributed by atoms with van der Waals surface area (Å²) in [6, 6.07) is 12.1. The van der Waals surface area contributed by atoms with Gasteiger partial charge in [-0.15, -0.1) is 0 Å². The van der Waals surface area contributed by atoms with E-state index in [1.54, 1.807) is 6.20 Å². The van der Waals surface area contributed by atoms with Crippen LogP contribution >= 0.6 is 0 Å². The summed E-state index contributed by atoms with van der Waals surface area (Å²) in [5, 5.41) is 4.18. The lowest BCUT2D eigenvalue weighted by Crippen LogP contribution is -2.22. The van der Waals surface area contributed by atoms with E-state index < -0.39 is 0 Å². The average Bonchev–Trinajstić information content (AvgIpc) is 3.18. The molecule has 4 nitrogen and oxygen atoms in total. The van der Waals surface area contributed by atoms with E-state index in [9.17, 15) is 0 Å². The van der Waals surface area contributed by atoms with Crippen LogP contribution in [-0.2, 0) is 4.84 Å². The average molecular weight is 294 g/mol. The largest absolute Gasteiger partial charge is 0.488 e. The molecule has 0 N–H and O–H groups in total. The molecule has 0 unspecified atom stereocenters. The molecular formula is C18H18N2O2. The van der Waals surface area contributed by atoms with Gasteiger partial charge in [0.05, 0.1) is 0 Å². The highest BCUT2D eigenvalue weighted by Crippen LogP contribution is 2.34. The second kappa shape index (κ2) is 5.79. The second-order valence-corrected chi connectivity index (χ2v) is 5.82. The molecule has 1 aromatic carbocycles. The predicted molar refractivity (Wildman–Crippen MR) is 84.8 cm³/mol. The number of nitrogens with zero attached hydrogens (tertiary/aromatic N) is 2. The van der Waals surface area contributed by atoms with Crippen LogP contribution in [0.2, 0.25) is 0 Å². The highest BCUT2D eigenvalue weighted by molar-refractivity contribution is 5.89. The van der Waals surface area contributed by atoms with Crippen molar-refractivity contribution in [1.29, 1.82) is 0 Å². The monoisotopic (exact) mass is 294 g/mol. The maximum Gasteiger partial charge on any atom is 0.135 e. The number of ether oxygens (including phenoxy) is 1. The van der Waals surface area contributed by atoms with Gasteiger partial charge >= 0.3 is 0 Å². The molecular weight excluding hydrogens is 276 g/mol. The van der Waals surface area contributed by atoms with E-state index in [4.69, 9.17) is 9.57 Å². The summed E-state index contributed by atoms with van der Waals surface area (Å²) in [7, 11) is 0. The van der Waals surface area contributed by atoms with Gasteiger partial charge in [0, 0.05) is 18.3 Å². The van der Waals surface area contributed by atoms with Gasteiger partial charge < -0.3 is 9.57 Å². The van der Waals surface area contributed by atoms with Crippen molar-refractivity contribution in [2.45, 2.75) is 25.4 Å². The van der Waals surface area contributed by atoms with Gasteiger partial charge in [0.25, 0.3) is 0 Å². The zero-order valence-electron chi connectivity index (χ0n) is 12.3. The van der Waals surface area contributed by atoms with E-state index >= 15 is 0 Å². The molecule has 112 valence electrons. The van der Waals surface area contributed by atoms with Crippen molar-refractivity contribution in [3.8, 4) is 16.9 Å². The van der Waals surface area contributed by atoms with Crippen LogP contribution in [0.1, 0.15) is 19.3 Å². The minimum absolute atomic E-state index is 0.298. The Morgan fingerprint density at radius 2 is 2.00 bits per heavy atom. The SMILES string of the molecule is c1cncc(-c2ccc(OCC3=NO[C@@H]4CCC[C@H]34)cc2)c1. The molecule has 2 aliphatic rings. The van der Waals surface area contributed by atoms with E-state index in [0.29, 0.717) is 18.6 Å². The van der Waals surface area contributed by atoms with Gasteiger partial charge in [0.1, 0.15) is 24.2 Å². The first-order valence-electron chi connectivity index (χ1n) is 7.76. The van der Waals surface area contributed by atoms with Crippen LogP contribution in [0.4, 0.5) is 0 Å². The maximum atomic E-state index is 5.86. The van der Waals surface area contributed by atoms with Gasteiger partial charge in [-0.25, -0.2) is 0 Å². The summed E-state index contributed by atoms with van der Waals surface area (Å²) in [6.07, 6.45) is 7.47. The van der Waals surface area contributed by atoms with E-state index in [2.05, 4.69) is 22.3 Å². The van der Waals surface area contributed by atoms with Crippen molar-refractivity contribution < 1.29 is 9.57 Å². The summed E-state index contributed by atoms with van der Waals surface area (Å²) in [6.45, 7) is 0.521. The molecule has 0 saturated heterocycles. The quantitative estimate of drug-likeness (QED) is 0.864. The van der Waals surface area contributed by atoms with Gasteiger partial charge in [-0.2, -0.15) is 0 Å². The molecule has 0 spiro atoms. The summed E-state index contributed by atoms with van der Waals surface area (Å²) >= 11 is 0. The molecule has 1 saturated carbocycles. The summed E-state index contributed by atoms with van der Waals surface area (Å²) < 4.78 is 5.86. The number of pyridine rings is 1. The Kier molecular flexibility index (Phi) is 3.51. The number of fused-ring (bicyclic) bond motifs is 1. The van der Waals surface area contributed by atoms with Crippen molar-refractivity contribution >= 4 is 5.71 Å². The predicted octanol–water partition coefficient (Wildman–Crippen LogP) is 3.68. The number of benzene rings is 1. The number of hydrogen-bond acceptors (Lipinski definition) is 4. The Morgan fingerprint density at radius 3 is 2.82 bits per heavy atom. The minimum Gasteiger partial charge on any atom is -0.488 e. The topological polar surface area (TPSA) is 43.7 Å². The van der Waals surface area contributed by atoms with Crippen LogP contribution in [0.25, 0.3) is 11.1 Å². The molecule has 1 aliphatic carbocycles. The van der Waals surface area contributed by atoms with Crippen LogP contribution < -0.4 is 4.74 Å². The van der Waals surface area contributed by atoms with Gasteiger partial charge in [-0.1, -0.05) is 23.4 Å². The summed E-state index contributed by atoms with van der Waals surface area (Å²) in [5.74, 6) is 1.33. The molecule has 2 atom stereocenters. The Hall–Kier alpha value is -2.36. The molecule has 1 aliphatic heterocycles. The van der Waals surface area contributed by atoms with Crippen LogP contribution in [0, 0.1) is 5.92 Å². The Balaban J connectivity index is 1.40. The third kappa shape index (κ3) is 2.56. The maximum absolute atomic E-state index is 5.86. The fourth-order valence-corrected chi connectivity index (χ4v) is 3.20. The van der Waals surface area contributed by atoms with Crippen LogP contribution in [0.5, 0.6) is 5.75 Å². The summed E-state index contributed by atoms with van der Waals surface area (Å²) in [4.78, 5) is 9.60. The zero-order chi connectivity index (χ0) is 14.8. The highest BCUT2D eigenvalue weighted by atomic mass is 16.6. The number of oxime groups is 1. The second-order valence-electron chi connectivity index (χ2n) is 5.82. The molecule has 0 amide bonds. The Labute approximate surface area is 129 Å². The summed E-state index contributed by atoms with van der Waals surface area (Å²) in [5.41, 5.74) is 3.30. The first kappa shape index (κ1) is 13.3. The fraction of sp³-hybridized carbons (Fsp3) is 0.333. The molecule has 2 aromatic rings. The lowest BCUT2D eigenvalue weighted by atomic mass is 10.0. The lowest BCUT2D eigenvalue weighted by molar-refractivity contribution is 0.0746. The van der Waals surface area contributed by atoms with Crippen molar-refractivity contribution in [2.75, 3.05) is 6.61 Å². The zero-order valence-corrected chi connectivity index (χ0v) is 12.3. The Morgan fingerprint density at radius 1 is 1.09 bits per heavy atom.